The van der Waals surface area contributed by atoms with Crippen LogP contribution in [0.3, 0.4) is 0 Å². The fourth-order valence-electron chi connectivity index (χ4n) is 1.25. The first-order valence-corrected chi connectivity index (χ1v) is 6.84. The summed E-state index contributed by atoms with van der Waals surface area (Å²) in [6, 6.07) is 6.57. The maximum atomic E-state index is 11.7. The van der Waals surface area contributed by atoms with Gasteiger partial charge in [-0.15, -0.1) is 0 Å². The summed E-state index contributed by atoms with van der Waals surface area (Å²) in [6.45, 7) is 1.54. The molecule has 1 heterocycles. The van der Waals surface area contributed by atoms with E-state index in [-0.39, 0.29) is 10.9 Å². The zero-order valence-corrected chi connectivity index (χ0v) is 10.5. The molecule has 0 bridgehead atoms. The highest BCUT2D eigenvalue weighted by atomic mass is 35.5. The van der Waals surface area contributed by atoms with Gasteiger partial charge in [0, 0.05) is 5.02 Å². The molecule has 90 valence electrons. The number of hydrogen-bond donors (Lipinski definition) is 0. The highest BCUT2D eigenvalue weighted by molar-refractivity contribution is 7.91. The van der Waals surface area contributed by atoms with Crippen LogP contribution in [0.4, 0.5) is 0 Å². The van der Waals surface area contributed by atoms with E-state index in [0.717, 1.165) is 0 Å². The van der Waals surface area contributed by atoms with Crippen LogP contribution in [0.5, 0.6) is 0 Å². The van der Waals surface area contributed by atoms with Gasteiger partial charge in [0.2, 0.25) is 9.84 Å². The average Bonchev–Trinajstić information content (AvgIpc) is 2.80. The van der Waals surface area contributed by atoms with Crippen LogP contribution in [0.15, 0.2) is 29.4 Å². The Morgan fingerprint density at radius 1 is 1.29 bits per heavy atom. The molecule has 0 aliphatic heterocycles. The molecule has 0 atom stereocenters. The maximum Gasteiger partial charge on any atom is 0.272 e. The minimum atomic E-state index is -3.45. The fraction of sp³-hybridized carbons (Fsp3) is 0.222. The van der Waals surface area contributed by atoms with Crippen molar-refractivity contribution >= 4 is 21.4 Å². The molecule has 8 heteroatoms. The van der Waals surface area contributed by atoms with Crippen LogP contribution < -0.4 is 0 Å². The second kappa shape index (κ2) is 4.42. The van der Waals surface area contributed by atoms with Gasteiger partial charge in [0.25, 0.3) is 5.16 Å². The Hall–Kier alpha value is -1.47. The van der Waals surface area contributed by atoms with Gasteiger partial charge in [-0.25, -0.2) is 8.42 Å². The third-order valence-electron chi connectivity index (χ3n) is 2.17. The topological polar surface area (TPSA) is 77.7 Å². The largest absolute Gasteiger partial charge is 0.272 e. The molecule has 1 aromatic carbocycles. The van der Waals surface area contributed by atoms with Crippen LogP contribution in [-0.2, 0) is 9.84 Å². The Balaban J connectivity index is 2.55. The van der Waals surface area contributed by atoms with Crippen molar-refractivity contribution in [2.75, 3.05) is 5.75 Å². The number of halogens is 1. The summed E-state index contributed by atoms with van der Waals surface area (Å²) in [4.78, 5) is 0. The molecular formula is C9H9ClN4O2S. The van der Waals surface area contributed by atoms with Gasteiger partial charge >= 0.3 is 0 Å². The Morgan fingerprint density at radius 3 is 2.53 bits per heavy atom. The highest BCUT2D eigenvalue weighted by Crippen LogP contribution is 2.15. The number of nitrogens with zero attached hydrogens (tertiary/aromatic N) is 4. The van der Waals surface area contributed by atoms with Gasteiger partial charge in [-0.2, -0.15) is 4.68 Å². The van der Waals surface area contributed by atoms with Gasteiger partial charge in [0.1, 0.15) is 0 Å². The van der Waals surface area contributed by atoms with E-state index in [9.17, 15) is 8.42 Å². The van der Waals surface area contributed by atoms with Crippen molar-refractivity contribution in [1.82, 2.24) is 20.2 Å². The molecule has 2 rings (SSSR count). The third kappa shape index (κ3) is 2.29. The van der Waals surface area contributed by atoms with Gasteiger partial charge in [0.05, 0.1) is 11.4 Å². The SMILES string of the molecule is CCS(=O)(=O)c1nnnn1-c1ccc(Cl)cc1. The summed E-state index contributed by atoms with van der Waals surface area (Å²) >= 11 is 5.75. The molecule has 0 aliphatic carbocycles. The lowest BCUT2D eigenvalue weighted by atomic mass is 10.3. The first-order chi connectivity index (χ1) is 8.04. The highest BCUT2D eigenvalue weighted by Gasteiger charge is 2.21. The van der Waals surface area contributed by atoms with Gasteiger partial charge in [-0.1, -0.05) is 23.6 Å². The average molecular weight is 273 g/mol. The van der Waals surface area contributed by atoms with Crippen molar-refractivity contribution in [3.8, 4) is 5.69 Å². The van der Waals surface area contributed by atoms with Gasteiger partial charge in [0.15, 0.2) is 0 Å². The van der Waals surface area contributed by atoms with Crippen LogP contribution in [0.1, 0.15) is 6.92 Å². The quantitative estimate of drug-likeness (QED) is 0.836. The summed E-state index contributed by atoms with van der Waals surface area (Å²) in [7, 11) is -3.45. The molecule has 0 spiro atoms. The lowest BCUT2D eigenvalue weighted by molar-refractivity contribution is 0.581. The number of rotatable bonds is 3. The smallest absolute Gasteiger partial charge is 0.220 e. The molecule has 0 saturated heterocycles. The lowest BCUT2D eigenvalue weighted by Crippen LogP contribution is -2.12. The molecule has 0 N–H and O–H groups in total. The normalized spacial score (nSPS) is 11.6. The molecule has 0 saturated carbocycles. The summed E-state index contributed by atoms with van der Waals surface area (Å²) in [6.07, 6.45) is 0. The van der Waals surface area contributed by atoms with Crippen molar-refractivity contribution < 1.29 is 8.42 Å². The number of hydrogen-bond acceptors (Lipinski definition) is 5. The summed E-state index contributed by atoms with van der Waals surface area (Å²) < 4.78 is 24.6. The van der Waals surface area contributed by atoms with Crippen LogP contribution in [0, 0.1) is 0 Å². The standard InChI is InChI=1S/C9H9ClN4O2S/c1-2-17(15,16)9-11-12-13-14(9)8-5-3-7(10)4-6-8/h3-6H,2H2,1H3. The molecule has 0 amide bonds. The monoisotopic (exact) mass is 272 g/mol. The van der Waals surface area contributed by atoms with Crippen LogP contribution in [-0.4, -0.2) is 34.4 Å². The Bertz CT molecular complexity index is 621. The second-order valence-corrected chi connectivity index (χ2v) is 5.86. The number of aromatic nitrogens is 4. The molecule has 0 fully saturated rings. The van der Waals surface area contributed by atoms with Crippen molar-refractivity contribution in [3.63, 3.8) is 0 Å². The van der Waals surface area contributed by atoms with E-state index < -0.39 is 9.84 Å². The van der Waals surface area contributed by atoms with Crippen molar-refractivity contribution in [3.05, 3.63) is 29.3 Å². The van der Waals surface area contributed by atoms with Crippen LogP contribution in [0.2, 0.25) is 5.02 Å². The van der Waals surface area contributed by atoms with Crippen molar-refractivity contribution in [1.29, 1.82) is 0 Å². The molecule has 1 aromatic heterocycles. The molecular weight excluding hydrogens is 264 g/mol. The zero-order chi connectivity index (χ0) is 12.5. The van der Waals surface area contributed by atoms with E-state index >= 15 is 0 Å². The van der Waals surface area contributed by atoms with Crippen molar-refractivity contribution in [2.45, 2.75) is 12.1 Å². The first-order valence-electron chi connectivity index (χ1n) is 4.81. The lowest BCUT2D eigenvalue weighted by Gasteiger charge is -2.03. The second-order valence-electron chi connectivity index (χ2n) is 3.25. The summed E-state index contributed by atoms with van der Waals surface area (Å²) in [5, 5.41) is 11.0. The van der Waals surface area contributed by atoms with Gasteiger partial charge in [-0.05, 0) is 34.7 Å². The van der Waals surface area contributed by atoms with Gasteiger partial charge in [-0.3, -0.25) is 0 Å². The maximum absolute atomic E-state index is 11.7. The van der Waals surface area contributed by atoms with E-state index in [2.05, 4.69) is 15.5 Å². The minimum Gasteiger partial charge on any atom is -0.220 e. The molecule has 2 aromatic rings. The summed E-state index contributed by atoms with van der Waals surface area (Å²) in [5.74, 6) is -0.0546. The Labute approximate surface area is 103 Å². The van der Waals surface area contributed by atoms with Gasteiger partial charge < -0.3 is 0 Å². The van der Waals surface area contributed by atoms with E-state index in [0.29, 0.717) is 10.7 Å². The molecule has 0 aliphatic rings. The Morgan fingerprint density at radius 2 is 1.94 bits per heavy atom. The van der Waals surface area contributed by atoms with E-state index in [1.807, 2.05) is 0 Å². The predicted octanol–water partition coefficient (Wildman–Crippen LogP) is 1.11. The summed E-state index contributed by atoms with van der Waals surface area (Å²) in [5.41, 5.74) is 0.548. The third-order valence-corrected chi connectivity index (χ3v) is 3.99. The molecule has 0 unspecified atom stereocenters. The number of sulfone groups is 1. The Kier molecular flexibility index (Phi) is 3.12. The molecule has 17 heavy (non-hydrogen) atoms. The predicted molar refractivity (Wildman–Crippen MR) is 61.9 cm³/mol. The molecule has 6 nitrogen and oxygen atoms in total. The first kappa shape index (κ1) is 12.0. The van der Waals surface area contributed by atoms with E-state index in [4.69, 9.17) is 11.6 Å². The fourth-order valence-corrected chi connectivity index (χ4v) is 2.20. The van der Waals surface area contributed by atoms with Crippen molar-refractivity contribution in [2.24, 2.45) is 0 Å². The van der Waals surface area contributed by atoms with E-state index in [1.54, 1.807) is 24.3 Å². The number of benzene rings is 1. The van der Waals surface area contributed by atoms with Crippen LogP contribution in [0.25, 0.3) is 5.69 Å². The minimum absolute atomic E-state index is 0.0546. The van der Waals surface area contributed by atoms with Crippen LogP contribution >= 0.6 is 11.6 Å². The molecule has 0 radical (unpaired) electrons. The number of tetrazole rings is 1. The van der Waals surface area contributed by atoms with E-state index in [1.165, 1.54) is 11.6 Å². The zero-order valence-electron chi connectivity index (χ0n) is 8.91.